The zero-order valence-electron chi connectivity index (χ0n) is 27.9. The van der Waals surface area contributed by atoms with Gasteiger partial charge in [-0.2, -0.15) is 11.8 Å². The summed E-state index contributed by atoms with van der Waals surface area (Å²) in [6.45, 7) is 2.60. The van der Waals surface area contributed by atoms with E-state index in [-0.39, 0.29) is 37.4 Å². The van der Waals surface area contributed by atoms with Crippen LogP contribution in [0.4, 0.5) is 10.5 Å². The first-order valence-electron chi connectivity index (χ1n) is 16.8. The van der Waals surface area contributed by atoms with Gasteiger partial charge >= 0.3 is 6.03 Å². The predicted octanol–water partition coefficient (Wildman–Crippen LogP) is 8.48. The molecule has 0 radical (unpaired) electrons. The van der Waals surface area contributed by atoms with Gasteiger partial charge in [0.05, 0.1) is 25.4 Å². The Morgan fingerprint density at radius 3 is 2.22 bits per heavy atom. The molecule has 0 bridgehead atoms. The molecule has 50 heavy (non-hydrogen) atoms. The summed E-state index contributed by atoms with van der Waals surface area (Å²) in [5.41, 5.74) is 6.44. The summed E-state index contributed by atoms with van der Waals surface area (Å²) in [6, 6.07) is 40.6. The molecule has 0 saturated carbocycles. The number of nitrogens with one attached hydrogen (secondary N) is 2. The van der Waals surface area contributed by atoms with E-state index in [1.807, 2.05) is 97.1 Å². The lowest BCUT2D eigenvalue weighted by Gasteiger charge is -2.41. The van der Waals surface area contributed by atoms with Crippen molar-refractivity contribution in [3.8, 4) is 22.6 Å². The van der Waals surface area contributed by atoms with E-state index in [9.17, 15) is 15.0 Å². The second-order valence-corrected chi connectivity index (χ2v) is 13.3. The van der Waals surface area contributed by atoms with Crippen molar-refractivity contribution < 1.29 is 29.2 Å². The Labute approximate surface area is 297 Å². The molecule has 9 heteroatoms. The molecule has 0 unspecified atom stereocenters. The highest BCUT2D eigenvalue weighted by atomic mass is 32.2. The monoisotopic (exact) mass is 690 g/mol. The number of benzene rings is 5. The highest BCUT2D eigenvalue weighted by molar-refractivity contribution is 7.99. The first-order valence-corrected chi connectivity index (χ1v) is 17.9. The molecule has 4 N–H and O–H groups in total. The van der Waals surface area contributed by atoms with Crippen LogP contribution in [0, 0.1) is 5.92 Å². The number of rotatable bonds is 13. The number of anilines is 1. The van der Waals surface area contributed by atoms with Gasteiger partial charge in [-0.25, -0.2) is 4.79 Å². The Bertz CT molecular complexity index is 1820. The Kier molecular flexibility index (Phi) is 12.2. The zero-order chi connectivity index (χ0) is 34.7. The number of ether oxygens (including phenoxy) is 3. The number of para-hydroxylation sites is 1. The number of urea groups is 1. The van der Waals surface area contributed by atoms with Crippen molar-refractivity contribution in [1.82, 2.24) is 5.32 Å². The number of amides is 2. The topological polar surface area (TPSA) is 109 Å². The van der Waals surface area contributed by atoms with Gasteiger partial charge in [-0.05, 0) is 76.3 Å². The molecule has 0 aliphatic carbocycles. The maximum absolute atomic E-state index is 12.7. The van der Waals surface area contributed by atoms with Crippen molar-refractivity contribution in [3.05, 3.63) is 150 Å². The van der Waals surface area contributed by atoms with E-state index < -0.39 is 6.29 Å². The van der Waals surface area contributed by atoms with Crippen LogP contribution in [0.5, 0.6) is 11.5 Å². The minimum Gasteiger partial charge on any atom is -0.457 e. The normalized spacial score (nSPS) is 18.7. The molecule has 1 aliphatic rings. The summed E-state index contributed by atoms with van der Waals surface area (Å²) in [6.07, 6.45) is -0.871. The summed E-state index contributed by atoms with van der Waals surface area (Å²) in [5, 5.41) is 24.7. The van der Waals surface area contributed by atoms with E-state index in [1.54, 1.807) is 23.9 Å². The molecular formula is C41H42N2O6S. The summed E-state index contributed by atoms with van der Waals surface area (Å²) < 4.78 is 19.0. The van der Waals surface area contributed by atoms with Crippen LogP contribution in [-0.4, -0.2) is 40.5 Å². The summed E-state index contributed by atoms with van der Waals surface area (Å²) in [5.74, 6) is 2.90. The highest BCUT2D eigenvalue weighted by Crippen LogP contribution is 2.43. The zero-order valence-corrected chi connectivity index (χ0v) is 28.7. The van der Waals surface area contributed by atoms with Crippen molar-refractivity contribution in [1.29, 1.82) is 0 Å². The molecular weight excluding hydrogens is 649 g/mol. The van der Waals surface area contributed by atoms with Gasteiger partial charge in [0.2, 0.25) is 0 Å². The van der Waals surface area contributed by atoms with Crippen molar-refractivity contribution in [2.75, 3.05) is 23.4 Å². The number of thioether (sulfide) groups is 1. The maximum Gasteiger partial charge on any atom is 0.319 e. The van der Waals surface area contributed by atoms with Crippen LogP contribution in [0.2, 0.25) is 0 Å². The van der Waals surface area contributed by atoms with Crippen LogP contribution >= 0.6 is 11.8 Å². The van der Waals surface area contributed by atoms with Gasteiger partial charge in [0.25, 0.3) is 0 Å². The van der Waals surface area contributed by atoms with Gasteiger partial charge in [0.1, 0.15) is 11.5 Å². The predicted molar refractivity (Wildman–Crippen MR) is 198 cm³/mol. The number of carbonyl (C=O) groups is 1. The summed E-state index contributed by atoms with van der Waals surface area (Å²) in [7, 11) is 0. The van der Waals surface area contributed by atoms with Crippen molar-refractivity contribution in [2.45, 2.75) is 38.6 Å². The summed E-state index contributed by atoms with van der Waals surface area (Å²) >= 11 is 1.67. The molecule has 258 valence electrons. The molecule has 1 fully saturated rings. The lowest BCUT2D eigenvalue weighted by molar-refractivity contribution is -0.268. The SMILES string of the molecule is C[C@@H]1[C@H](CSCCO)O[C@H](c2cccc(-c3cccc(CNC(=O)Nc4ccc(Oc5ccccc5)cc4)c3)c2)O[C@@H]1c1ccc(CO)cc1. The minimum atomic E-state index is -0.582. The molecule has 1 saturated heterocycles. The molecule has 1 heterocycles. The highest BCUT2D eigenvalue weighted by Gasteiger charge is 2.38. The van der Waals surface area contributed by atoms with E-state index >= 15 is 0 Å². The van der Waals surface area contributed by atoms with E-state index in [4.69, 9.17) is 14.2 Å². The first kappa shape index (κ1) is 35.2. The quantitative estimate of drug-likeness (QED) is 0.0918. The van der Waals surface area contributed by atoms with Crippen LogP contribution in [0.15, 0.2) is 127 Å². The van der Waals surface area contributed by atoms with Gasteiger partial charge < -0.3 is 35.1 Å². The Morgan fingerprint density at radius 1 is 0.760 bits per heavy atom. The Hall–Kier alpha value is -4.64. The molecule has 2 amide bonds. The van der Waals surface area contributed by atoms with E-state index in [0.717, 1.165) is 44.9 Å². The number of aliphatic hydroxyl groups excluding tert-OH is 2. The van der Waals surface area contributed by atoms with Crippen molar-refractivity contribution in [2.24, 2.45) is 5.92 Å². The molecule has 5 aromatic rings. The van der Waals surface area contributed by atoms with Crippen molar-refractivity contribution >= 4 is 23.5 Å². The molecule has 1 aliphatic heterocycles. The Balaban J connectivity index is 1.10. The molecule has 8 nitrogen and oxygen atoms in total. The largest absolute Gasteiger partial charge is 0.457 e. The molecule has 0 aromatic heterocycles. The fourth-order valence-corrected chi connectivity index (χ4v) is 6.80. The van der Waals surface area contributed by atoms with Gasteiger partial charge in [0.15, 0.2) is 6.29 Å². The molecule has 0 spiro atoms. The van der Waals surface area contributed by atoms with Gasteiger partial charge in [-0.1, -0.05) is 85.8 Å². The first-order chi connectivity index (χ1) is 24.5. The fourth-order valence-electron chi connectivity index (χ4n) is 5.89. The van der Waals surface area contributed by atoms with Crippen LogP contribution in [0.25, 0.3) is 11.1 Å². The van der Waals surface area contributed by atoms with Gasteiger partial charge in [0, 0.05) is 35.2 Å². The average molecular weight is 691 g/mol. The number of carbonyl (C=O) groups excluding carboxylic acids is 1. The van der Waals surface area contributed by atoms with Crippen LogP contribution < -0.4 is 15.4 Å². The van der Waals surface area contributed by atoms with Crippen LogP contribution in [-0.2, 0) is 22.6 Å². The van der Waals surface area contributed by atoms with Crippen LogP contribution in [0.3, 0.4) is 0 Å². The second-order valence-electron chi connectivity index (χ2n) is 12.2. The lowest BCUT2D eigenvalue weighted by atomic mass is 9.91. The minimum absolute atomic E-state index is 0.00868. The third-order valence-electron chi connectivity index (χ3n) is 8.60. The lowest BCUT2D eigenvalue weighted by Crippen LogP contribution is -2.38. The molecule has 6 rings (SSSR count). The third-order valence-corrected chi connectivity index (χ3v) is 9.64. The summed E-state index contributed by atoms with van der Waals surface area (Å²) in [4.78, 5) is 12.7. The molecule has 4 atom stereocenters. The maximum atomic E-state index is 12.7. The smallest absolute Gasteiger partial charge is 0.319 e. The van der Waals surface area contributed by atoms with E-state index in [0.29, 0.717) is 23.7 Å². The second kappa shape index (κ2) is 17.3. The van der Waals surface area contributed by atoms with Gasteiger partial charge in [-0.3, -0.25) is 0 Å². The van der Waals surface area contributed by atoms with Crippen LogP contribution in [0.1, 0.15) is 41.6 Å². The molecule has 5 aromatic carbocycles. The van der Waals surface area contributed by atoms with E-state index in [1.165, 1.54) is 0 Å². The Morgan fingerprint density at radius 2 is 1.48 bits per heavy atom. The fraction of sp³-hybridized carbons (Fsp3) is 0.244. The number of hydrogen-bond acceptors (Lipinski definition) is 7. The van der Waals surface area contributed by atoms with E-state index in [2.05, 4.69) is 35.8 Å². The number of hydrogen-bond donors (Lipinski definition) is 4. The van der Waals surface area contributed by atoms with Gasteiger partial charge in [-0.15, -0.1) is 0 Å². The third kappa shape index (κ3) is 9.32. The standard InChI is InChI=1S/C41H42N2O6S/c1-28-38(27-50-22-21-44)48-40(49-39(28)31-15-13-29(26-45)14-16-31)34-10-6-9-33(24-34)32-8-5-7-30(23-32)25-42-41(46)43-35-17-19-37(20-18-35)47-36-11-3-2-4-12-36/h2-20,23-24,28,38-40,44-45H,21-22,25-27H2,1H3,(H2,42,43,46)/t28-,38+,39+,40+/m1/s1. The van der Waals surface area contributed by atoms with Crippen molar-refractivity contribution in [3.63, 3.8) is 0 Å². The number of aliphatic hydroxyl groups is 2. The average Bonchev–Trinajstić information content (AvgIpc) is 3.16.